The lowest BCUT2D eigenvalue weighted by atomic mass is 10.0. The van der Waals surface area contributed by atoms with Crippen LogP contribution in [0.2, 0.25) is 0 Å². The molecule has 0 amide bonds. The predicted molar refractivity (Wildman–Crippen MR) is 52.0 cm³/mol. The Bertz CT molecular complexity index is 289. The minimum atomic E-state index is -2.44. The fourth-order valence-electron chi connectivity index (χ4n) is 1.30. The van der Waals surface area contributed by atoms with Crippen LogP contribution >= 0.6 is 0 Å². The first kappa shape index (κ1) is 11.1. The quantitative estimate of drug-likeness (QED) is 0.572. The van der Waals surface area contributed by atoms with Crippen LogP contribution in [0.25, 0.3) is 0 Å². The van der Waals surface area contributed by atoms with Crippen LogP contribution in [0.15, 0.2) is 24.3 Å². The van der Waals surface area contributed by atoms with Crippen molar-refractivity contribution >= 4 is 0 Å². The number of halogens is 2. The van der Waals surface area contributed by atoms with Crippen LogP contribution < -0.4 is 11.3 Å². The van der Waals surface area contributed by atoms with Gasteiger partial charge in [0.2, 0.25) is 0 Å². The van der Waals surface area contributed by atoms with E-state index in [1.807, 2.05) is 31.2 Å². The molecule has 0 radical (unpaired) electrons. The molecule has 0 heterocycles. The van der Waals surface area contributed by atoms with E-state index >= 15 is 0 Å². The zero-order chi connectivity index (χ0) is 10.6. The number of nitrogens with two attached hydrogens (primary N) is 1. The van der Waals surface area contributed by atoms with Gasteiger partial charge in [0.15, 0.2) is 0 Å². The Morgan fingerprint density at radius 3 is 2.50 bits per heavy atom. The molecule has 0 aliphatic carbocycles. The van der Waals surface area contributed by atoms with Crippen molar-refractivity contribution in [2.75, 3.05) is 0 Å². The van der Waals surface area contributed by atoms with Gasteiger partial charge in [-0.1, -0.05) is 24.3 Å². The second-order valence-electron chi connectivity index (χ2n) is 3.24. The van der Waals surface area contributed by atoms with Crippen LogP contribution in [0.4, 0.5) is 8.78 Å². The summed E-state index contributed by atoms with van der Waals surface area (Å²) in [4.78, 5) is 0. The van der Waals surface area contributed by atoms with E-state index in [1.54, 1.807) is 0 Å². The van der Waals surface area contributed by atoms with E-state index in [0.717, 1.165) is 11.1 Å². The highest BCUT2D eigenvalue weighted by Gasteiger charge is 2.19. The highest BCUT2D eigenvalue weighted by Crippen LogP contribution is 2.12. The minimum absolute atomic E-state index is 0.251. The number of alkyl halides is 2. The van der Waals surface area contributed by atoms with Crippen LogP contribution in [-0.2, 0) is 6.42 Å². The monoisotopic (exact) mass is 200 g/mol. The van der Waals surface area contributed by atoms with Crippen molar-refractivity contribution in [3.8, 4) is 0 Å². The summed E-state index contributed by atoms with van der Waals surface area (Å²) < 4.78 is 24.7. The molecule has 1 aromatic carbocycles. The lowest BCUT2D eigenvalue weighted by molar-refractivity contribution is 0.0984. The molecule has 1 atom stereocenters. The normalized spacial score (nSPS) is 13.2. The number of hydrazine groups is 1. The number of hydrogen-bond acceptors (Lipinski definition) is 2. The zero-order valence-corrected chi connectivity index (χ0v) is 8.00. The molecule has 0 spiro atoms. The first-order valence-corrected chi connectivity index (χ1v) is 4.44. The lowest BCUT2D eigenvalue weighted by Gasteiger charge is -2.15. The van der Waals surface area contributed by atoms with Crippen molar-refractivity contribution in [1.82, 2.24) is 5.43 Å². The first-order valence-electron chi connectivity index (χ1n) is 4.44. The van der Waals surface area contributed by atoms with E-state index in [-0.39, 0.29) is 6.42 Å². The number of benzene rings is 1. The molecule has 0 aliphatic heterocycles. The summed E-state index contributed by atoms with van der Waals surface area (Å²) in [5.41, 5.74) is 4.03. The smallest absolute Gasteiger partial charge is 0.255 e. The van der Waals surface area contributed by atoms with Crippen LogP contribution in [0.3, 0.4) is 0 Å². The van der Waals surface area contributed by atoms with Crippen molar-refractivity contribution < 1.29 is 8.78 Å². The SMILES string of the molecule is Cc1ccccc1CC(NN)C(F)F. The molecule has 14 heavy (non-hydrogen) atoms. The van der Waals surface area contributed by atoms with Crippen molar-refractivity contribution in [2.24, 2.45) is 5.84 Å². The van der Waals surface area contributed by atoms with Gasteiger partial charge in [-0.05, 0) is 24.5 Å². The average Bonchev–Trinajstić information content (AvgIpc) is 2.16. The second-order valence-corrected chi connectivity index (χ2v) is 3.24. The number of aryl methyl sites for hydroxylation is 1. The maximum atomic E-state index is 12.4. The molecule has 0 aromatic heterocycles. The molecule has 0 saturated carbocycles. The molecule has 78 valence electrons. The van der Waals surface area contributed by atoms with Gasteiger partial charge < -0.3 is 0 Å². The van der Waals surface area contributed by atoms with Gasteiger partial charge >= 0.3 is 0 Å². The van der Waals surface area contributed by atoms with Crippen LogP contribution in [0.1, 0.15) is 11.1 Å². The van der Waals surface area contributed by atoms with Gasteiger partial charge in [0, 0.05) is 0 Å². The molecular weight excluding hydrogens is 186 g/mol. The van der Waals surface area contributed by atoms with Gasteiger partial charge in [0.25, 0.3) is 6.43 Å². The third kappa shape index (κ3) is 2.75. The van der Waals surface area contributed by atoms with Crippen molar-refractivity contribution in [2.45, 2.75) is 25.8 Å². The second kappa shape index (κ2) is 5.02. The van der Waals surface area contributed by atoms with E-state index in [2.05, 4.69) is 5.43 Å². The molecule has 3 N–H and O–H groups in total. The summed E-state index contributed by atoms with van der Waals surface area (Å²) in [5.74, 6) is 5.04. The Hall–Kier alpha value is -1.00. The third-order valence-electron chi connectivity index (χ3n) is 2.22. The summed E-state index contributed by atoms with van der Waals surface area (Å²) in [6, 6.07) is 6.47. The third-order valence-corrected chi connectivity index (χ3v) is 2.22. The lowest BCUT2D eigenvalue weighted by Crippen LogP contribution is -2.42. The van der Waals surface area contributed by atoms with E-state index in [0.29, 0.717) is 0 Å². The molecule has 0 saturated heterocycles. The van der Waals surface area contributed by atoms with Crippen molar-refractivity contribution in [1.29, 1.82) is 0 Å². The maximum Gasteiger partial charge on any atom is 0.255 e. The van der Waals surface area contributed by atoms with Gasteiger partial charge in [-0.25, -0.2) is 8.78 Å². The average molecular weight is 200 g/mol. The minimum Gasteiger partial charge on any atom is -0.271 e. The highest BCUT2D eigenvalue weighted by molar-refractivity contribution is 5.26. The molecule has 1 rings (SSSR count). The molecule has 2 nitrogen and oxygen atoms in total. The molecule has 0 aliphatic rings. The van der Waals surface area contributed by atoms with Crippen molar-refractivity contribution in [3.63, 3.8) is 0 Å². The zero-order valence-electron chi connectivity index (χ0n) is 8.00. The van der Waals surface area contributed by atoms with E-state index in [4.69, 9.17) is 5.84 Å². The Morgan fingerprint density at radius 2 is 2.00 bits per heavy atom. The Kier molecular flexibility index (Phi) is 3.98. The standard InChI is InChI=1S/C10H14F2N2/c1-7-4-2-3-5-8(7)6-9(14-13)10(11)12/h2-5,9-10,14H,6,13H2,1H3. The van der Waals surface area contributed by atoms with Crippen LogP contribution in [0, 0.1) is 6.92 Å². The molecule has 1 unspecified atom stereocenters. The topological polar surface area (TPSA) is 38.0 Å². The molecule has 0 fully saturated rings. The maximum absolute atomic E-state index is 12.4. The number of hydrogen-bond donors (Lipinski definition) is 2. The van der Waals surface area contributed by atoms with E-state index < -0.39 is 12.5 Å². The summed E-state index contributed by atoms with van der Waals surface area (Å²) >= 11 is 0. The fraction of sp³-hybridized carbons (Fsp3) is 0.400. The Balaban J connectivity index is 2.72. The molecular formula is C10H14F2N2. The molecule has 4 heteroatoms. The molecule has 0 bridgehead atoms. The van der Waals surface area contributed by atoms with Gasteiger partial charge in [-0.2, -0.15) is 0 Å². The van der Waals surface area contributed by atoms with E-state index in [1.165, 1.54) is 0 Å². The van der Waals surface area contributed by atoms with Crippen molar-refractivity contribution in [3.05, 3.63) is 35.4 Å². The fourth-order valence-corrected chi connectivity index (χ4v) is 1.30. The van der Waals surface area contributed by atoms with E-state index in [9.17, 15) is 8.78 Å². The number of rotatable bonds is 4. The summed E-state index contributed by atoms with van der Waals surface area (Å²) in [7, 11) is 0. The van der Waals surface area contributed by atoms with Crippen LogP contribution in [-0.4, -0.2) is 12.5 Å². The highest BCUT2D eigenvalue weighted by atomic mass is 19.3. The summed E-state index contributed by atoms with van der Waals surface area (Å²) in [6.07, 6.45) is -2.19. The van der Waals surface area contributed by atoms with Gasteiger partial charge in [0.05, 0.1) is 6.04 Å². The number of nitrogens with one attached hydrogen (secondary N) is 1. The Labute approximate surface area is 82.1 Å². The predicted octanol–water partition coefficient (Wildman–Crippen LogP) is 1.63. The largest absolute Gasteiger partial charge is 0.271 e. The van der Waals surface area contributed by atoms with Gasteiger partial charge in [-0.3, -0.25) is 11.3 Å². The Morgan fingerprint density at radius 1 is 1.36 bits per heavy atom. The molecule has 1 aromatic rings. The summed E-state index contributed by atoms with van der Waals surface area (Å²) in [6.45, 7) is 1.90. The van der Waals surface area contributed by atoms with Crippen LogP contribution in [0.5, 0.6) is 0 Å². The van der Waals surface area contributed by atoms with Gasteiger partial charge in [-0.15, -0.1) is 0 Å². The summed E-state index contributed by atoms with van der Waals surface area (Å²) in [5, 5.41) is 0. The first-order chi connectivity index (χ1) is 6.65. The van der Waals surface area contributed by atoms with Gasteiger partial charge in [0.1, 0.15) is 0 Å².